The Bertz CT molecular complexity index is 235. The van der Waals surface area contributed by atoms with E-state index in [1.807, 2.05) is 18.7 Å². The lowest BCUT2D eigenvalue weighted by atomic mass is 9.90. The molecule has 4 heteroatoms. The molecule has 16 heavy (non-hydrogen) atoms. The number of amides is 1. The number of carbonyl (C=O) groups excluding carboxylic acids is 1. The van der Waals surface area contributed by atoms with Crippen molar-refractivity contribution in [2.45, 2.75) is 57.0 Å². The van der Waals surface area contributed by atoms with Gasteiger partial charge in [0.25, 0.3) is 0 Å². The largest absolute Gasteiger partial charge is 0.294 e. The van der Waals surface area contributed by atoms with Crippen LogP contribution in [0.4, 0.5) is 0 Å². The molecule has 94 valence electrons. The van der Waals surface area contributed by atoms with Gasteiger partial charge in [-0.25, -0.2) is 5.84 Å². The van der Waals surface area contributed by atoms with Crippen LogP contribution in [0.3, 0.4) is 0 Å². The van der Waals surface area contributed by atoms with E-state index in [9.17, 15) is 4.79 Å². The summed E-state index contributed by atoms with van der Waals surface area (Å²) in [6, 6.07) is 0. The first-order valence-corrected chi connectivity index (χ1v) is 7.14. The quantitative estimate of drug-likeness (QED) is 0.453. The second-order valence-electron chi connectivity index (χ2n) is 5.03. The molecule has 1 aliphatic rings. The zero-order chi connectivity index (χ0) is 12.1. The molecule has 0 saturated heterocycles. The molecule has 0 aromatic rings. The van der Waals surface area contributed by atoms with Gasteiger partial charge < -0.3 is 0 Å². The van der Waals surface area contributed by atoms with Gasteiger partial charge in [-0.05, 0) is 18.8 Å². The van der Waals surface area contributed by atoms with Gasteiger partial charge in [0.1, 0.15) is 0 Å². The van der Waals surface area contributed by atoms with Crippen LogP contribution in [0, 0.1) is 11.8 Å². The second-order valence-corrected chi connectivity index (χ2v) is 6.71. The number of nitrogens with two attached hydrogens (primary N) is 1. The number of carbonyl (C=O) groups is 1. The fourth-order valence-corrected chi connectivity index (χ4v) is 3.98. The van der Waals surface area contributed by atoms with Crippen molar-refractivity contribution in [1.82, 2.24) is 5.43 Å². The number of nitrogens with one attached hydrogen (secondary N) is 1. The highest BCUT2D eigenvalue weighted by Gasteiger charge is 2.26. The van der Waals surface area contributed by atoms with Crippen LogP contribution in [0.2, 0.25) is 0 Å². The Balaban J connectivity index is 2.37. The summed E-state index contributed by atoms with van der Waals surface area (Å²) in [6.45, 7) is 6.41. The van der Waals surface area contributed by atoms with Crippen LogP contribution >= 0.6 is 11.8 Å². The Kier molecular flexibility index (Phi) is 5.62. The molecule has 0 radical (unpaired) electrons. The molecule has 4 unspecified atom stereocenters. The maximum atomic E-state index is 11.4. The third-order valence-corrected chi connectivity index (χ3v) is 5.21. The van der Waals surface area contributed by atoms with Crippen molar-refractivity contribution < 1.29 is 4.79 Å². The molecule has 1 saturated carbocycles. The van der Waals surface area contributed by atoms with Gasteiger partial charge in [0.05, 0.1) is 0 Å². The van der Waals surface area contributed by atoms with Crippen LogP contribution in [-0.2, 0) is 4.79 Å². The molecule has 1 amide bonds. The average molecular weight is 244 g/mol. The number of thioether (sulfide) groups is 1. The summed E-state index contributed by atoms with van der Waals surface area (Å²) >= 11 is 1.96. The van der Waals surface area contributed by atoms with Crippen LogP contribution in [0.1, 0.15) is 46.5 Å². The first-order valence-electron chi connectivity index (χ1n) is 6.20. The van der Waals surface area contributed by atoms with Crippen molar-refractivity contribution in [3.05, 3.63) is 0 Å². The van der Waals surface area contributed by atoms with E-state index in [1.54, 1.807) is 0 Å². The molecular formula is C12H24N2OS. The molecule has 1 rings (SSSR count). The van der Waals surface area contributed by atoms with Crippen molar-refractivity contribution in [1.29, 1.82) is 0 Å². The minimum absolute atomic E-state index is 0.00719. The predicted molar refractivity (Wildman–Crippen MR) is 70.0 cm³/mol. The maximum Gasteiger partial charge on any atom is 0.237 e. The van der Waals surface area contributed by atoms with Gasteiger partial charge in [0.2, 0.25) is 5.91 Å². The average Bonchev–Trinajstić information content (AvgIpc) is 2.27. The van der Waals surface area contributed by atoms with Gasteiger partial charge in [-0.2, -0.15) is 11.8 Å². The number of hydrazine groups is 1. The van der Waals surface area contributed by atoms with Crippen molar-refractivity contribution in [3.63, 3.8) is 0 Å². The lowest BCUT2D eigenvalue weighted by Gasteiger charge is -2.29. The Labute approximate surface area is 103 Å². The Morgan fingerprint density at radius 3 is 2.69 bits per heavy atom. The lowest BCUT2D eigenvalue weighted by molar-refractivity contribution is -0.124. The summed E-state index contributed by atoms with van der Waals surface area (Å²) in [6.07, 6.45) is 5.30. The third-order valence-electron chi connectivity index (χ3n) is 3.56. The molecule has 0 aliphatic heterocycles. The highest BCUT2D eigenvalue weighted by molar-refractivity contribution is 8.00. The zero-order valence-electron chi connectivity index (χ0n) is 10.5. The molecule has 0 aromatic carbocycles. The van der Waals surface area contributed by atoms with Crippen molar-refractivity contribution in [2.24, 2.45) is 17.7 Å². The van der Waals surface area contributed by atoms with Crippen molar-refractivity contribution in [3.8, 4) is 0 Å². The fraction of sp³-hybridized carbons (Fsp3) is 0.917. The monoisotopic (exact) mass is 244 g/mol. The van der Waals surface area contributed by atoms with E-state index < -0.39 is 0 Å². The first kappa shape index (κ1) is 13.8. The molecule has 1 fully saturated rings. The molecule has 0 aromatic heterocycles. The summed E-state index contributed by atoms with van der Waals surface area (Å²) in [4.78, 5) is 11.4. The Morgan fingerprint density at radius 2 is 2.12 bits per heavy atom. The summed E-state index contributed by atoms with van der Waals surface area (Å²) in [7, 11) is 0. The third kappa shape index (κ3) is 3.98. The van der Waals surface area contributed by atoms with Gasteiger partial charge in [0.15, 0.2) is 0 Å². The van der Waals surface area contributed by atoms with Crippen LogP contribution in [0.5, 0.6) is 0 Å². The van der Waals surface area contributed by atoms with E-state index in [-0.39, 0.29) is 11.8 Å². The van der Waals surface area contributed by atoms with E-state index in [2.05, 4.69) is 19.3 Å². The van der Waals surface area contributed by atoms with E-state index in [1.165, 1.54) is 25.7 Å². The standard InChI is InChI=1S/C12H24N2OS/c1-8-5-4-6-11(7-8)16-10(3)9(2)12(15)14-13/h8-11H,4-7,13H2,1-3H3,(H,14,15). The van der Waals surface area contributed by atoms with E-state index in [4.69, 9.17) is 5.84 Å². The maximum absolute atomic E-state index is 11.4. The van der Waals surface area contributed by atoms with E-state index >= 15 is 0 Å². The summed E-state index contributed by atoms with van der Waals surface area (Å²) in [5, 5.41) is 1.07. The minimum atomic E-state index is -0.0520. The van der Waals surface area contributed by atoms with Crippen LogP contribution in [0.15, 0.2) is 0 Å². The Morgan fingerprint density at radius 1 is 1.44 bits per heavy atom. The van der Waals surface area contributed by atoms with Gasteiger partial charge in [0, 0.05) is 16.4 Å². The zero-order valence-corrected chi connectivity index (χ0v) is 11.3. The number of hydrogen-bond acceptors (Lipinski definition) is 3. The van der Waals surface area contributed by atoms with E-state index in [0.717, 1.165) is 11.2 Å². The number of rotatable bonds is 4. The molecule has 3 nitrogen and oxygen atoms in total. The van der Waals surface area contributed by atoms with Gasteiger partial charge in [-0.3, -0.25) is 10.2 Å². The van der Waals surface area contributed by atoms with Crippen molar-refractivity contribution in [2.75, 3.05) is 0 Å². The molecule has 0 heterocycles. The second kappa shape index (κ2) is 6.50. The minimum Gasteiger partial charge on any atom is -0.294 e. The molecule has 4 atom stereocenters. The molecule has 0 spiro atoms. The molecule has 1 aliphatic carbocycles. The van der Waals surface area contributed by atoms with Gasteiger partial charge in [-0.1, -0.05) is 33.6 Å². The summed E-state index contributed by atoms with van der Waals surface area (Å²) in [5.74, 6) is 5.94. The van der Waals surface area contributed by atoms with E-state index in [0.29, 0.717) is 5.25 Å². The molecular weight excluding hydrogens is 220 g/mol. The highest BCUT2D eigenvalue weighted by Crippen LogP contribution is 2.35. The van der Waals surface area contributed by atoms with Gasteiger partial charge in [-0.15, -0.1) is 0 Å². The number of hydrogen-bond donors (Lipinski definition) is 2. The molecule has 0 bridgehead atoms. The van der Waals surface area contributed by atoms with Crippen LogP contribution < -0.4 is 11.3 Å². The van der Waals surface area contributed by atoms with Crippen molar-refractivity contribution >= 4 is 17.7 Å². The van der Waals surface area contributed by atoms with Crippen LogP contribution in [0.25, 0.3) is 0 Å². The Hall–Kier alpha value is -0.220. The van der Waals surface area contributed by atoms with Crippen LogP contribution in [-0.4, -0.2) is 16.4 Å². The molecule has 3 N–H and O–H groups in total. The normalized spacial score (nSPS) is 29.5. The summed E-state index contributed by atoms with van der Waals surface area (Å²) in [5.41, 5.74) is 2.24. The highest BCUT2D eigenvalue weighted by atomic mass is 32.2. The SMILES string of the molecule is CC1CCCC(SC(C)C(C)C(=O)NN)C1. The fourth-order valence-electron chi connectivity index (χ4n) is 2.27. The smallest absolute Gasteiger partial charge is 0.237 e. The summed E-state index contributed by atoms with van der Waals surface area (Å²) < 4.78 is 0. The first-order chi connectivity index (χ1) is 7.54. The van der Waals surface area contributed by atoms with Gasteiger partial charge >= 0.3 is 0 Å². The topological polar surface area (TPSA) is 55.1 Å². The predicted octanol–water partition coefficient (Wildman–Crippen LogP) is 2.31. The lowest BCUT2D eigenvalue weighted by Crippen LogP contribution is -2.38.